The predicted octanol–water partition coefficient (Wildman–Crippen LogP) is 3.64. The lowest BCUT2D eigenvalue weighted by Gasteiger charge is -2.62. The van der Waals surface area contributed by atoms with Crippen LogP contribution in [-0.2, 0) is 6.54 Å². The first-order chi connectivity index (χ1) is 11.7. The van der Waals surface area contributed by atoms with Gasteiger partial charge in [-0.15, -0.1) is 24.0 Å². The van der Waals surface area contributed by atoms with Crippen molar-refractivity contribution in [1.29, 1.82) is 0 Å². The summed E-state index contributed by atoms with van der Waals surface area (Å²) < 4.78 is 0. The first-order valence-electron chi connectivity index (χ1n) is 9.08. The van der Waals surface area contributed by atoms with E-state index in [1.165, 1.54) is 0 Å². The maximum Gasteiger partial charge on any atom is 0.251 e. The lowest BCUT2D eigenvalue weighted by molar-refractivity contribution is -0.0667. The van der Waals surface area contributed by atoms with Crippen molar-refractivity contribution >= 4 is 35.8 Å². The molecule has 0 aromatic heterocycles. The molecular formula is C20H33IN4O. The molecule has 1 amide bonds. The van der Waals surface area contributed by atoms with E-state index in [0.29, 0.717) is 18.7 Å². The van der Waals surface area contributed by atoms with E-state index in [1.54, 1.807) is 0 Å². The Morgan fingerprint density at radius 2 is 1.92 bits per heavy atom. The molecule has 1 aliphatic heterocycles. The number of rotatable bonds is 5. The van der Waals surface area contributed by atoms with Crippen LogP contribution in [-0.4, -0.2) is 42.4 Å². The molecule has 146 valence electrons. The van der Waals surface area contributed by atoms with Gasteiger partial charge in [0.2, 0.25) is 0 Å². The van der Waals surface area contributed by atoms with Gasteiger partial charge in [0.25, 0.3) is 5.91 Å². The quantitative estimate of drug-likeness (QED) is 0.391. The molecule has 1 aromatic rings. The molecular weight excluding hydrogens is 439 g/mol. The van der Waals surface area contributed by atoms with Gasteiger partial charge in [0.05, 0.1) is 0 Å². The Morgan fingerprint density at radius 3 is 2.46 bits per heavy atom. The predicted molar refractivity (Wildman–Crippen MR) is 119 cm³/mol. The summed E-state index contributed by atoms with van der Waals surface area (Å²) >= 11 is 0. The highest BCUT2D eigenvalue weighted by molar-refractivity contribution is 14.0. The lowest BCUT2D eigenvalue weighted by atomic mass is 9.65. The molecule has 2 rings (SSSR count). The minimum absolute atomic E-state index is 0. The molecule has 0 bridgehead atoms. The Bertz CT molecular complexity index is 655. The number of benzene rings is 1. The first-order valence-corrected chi connectivity index (χ1v) is 9.08. The molecule has 1 saturated heterocycles. The van der Waals surface area contributed by atoms with Gasteiger partial charge >= 0.3 is 0 Å². The normalized spacial score (nSPS) is 17.8. The molecule has 0 spiro atoms. The third-order valence-corrected chi connectivity index (χ3v) is 5.53. The maximum atomic E-state index is 12.1. The van der Waals surface area contributed by atoms with Crippen LogP contribution in [0.4, 0.5) is 0 Å². The number of nitrogens with zero attached hydrogens (tertiary/aromatic N) is 2. The molecule has 0 atom stereocenters. The number of hydrogen-bond acceptors (Lipinski definition) is 2. The number of halogens is 1. The molecule has 1 aliphatic rings. The zero-order valence-electron chi connectivity index (χ0n) is 16.8. The van der Waals surface area contributed by atoms with E-state index in [2.05, 4.69) is 48.2 Å². The molecule has 5 nitrogen and oxygen atoms in total. The Balaban J connectivity index is 0.00000338. The number of nitrogens with one attached hydrogen (secondary N) is 2. The smallest absolute Gasteiger partial charge is 0.251 e. The molecule has 1 aromatic carbocycles. The highest BCUT2D eigenvalue weighted by Gasteiger charge is 2.53. The zero-order valence-corrected chi connectivity index (χ0v) is 19.2. The molecule has 6 heteroatoms. The monoisotopic (exact) mass is 472 g/mol. The fourth-order valence-electron chi connectivity index (χ4n) is 3.04. The Morgan fingerprint density at radius 1 is 1.23 bits per heavy atom. The van der Waals surface area contributed by atoms with Gasteiger partial charge in [0.15, 0.2) is 5.96 Å². The van der Waals surface area contributed by atoms with Gasteiger partial charge in [-0.2, -0.15) is 0 Å². The number of carbonyl (C=O) groups is 1. The van der Waals surface area contributed by atoms with Crippen molar-refractivity contribution < 1.29 is 4.79 Å². The number of likely N-dealkylation sites (tertiary alicyclic amines) is 1. The van der Waals surface area contributed by atoms with Crippen LogP contribution in [0.5, 0.6) is 0 Å². The van der Waals surface area contributed by atoms with Crippen molar-refractivity contribution in [3.8, 4) is 0 Å². The molecule has 0 aliphatic carbocycles. The molecule has 26 heavy (non-hydrogen) atoms. The Labute approximate surface area is 175 Å². The van der Waals surface area contributed by atoms with Crippen LogP contribution in [0.1, 0.15) is 57.0 Å². The van der Waals surface area contributed by atoms with Crippen molar-refractivity contribution in [3.05, 3.63) is 35.4 Å². The van der Waals surface area contributed by atoms with E-state index < -0.39 is 0 Å². The Kier molecular flexibility index (Phi) is 7.92. The zero-order chi connectivity index (χ0) is 18.7. The minimum Gasteiger partial charge on any atom is -0.352 e. The highest BCUT2D eigenvalue weighted by atomic mass is 127. The van der Waals surface area contributed by atoms with Crippen molar-refractivity contribution in [2.45, 2.75) is 53.1 Å². The van der Waals surface area contributed by atoms with Crippen LogP contribution in [0.15, 0.2) is 29.3 Å². The first kappa shape index (κ1) is 22.7. The van der Waals surface area contributed by atoms with E-state index in [1.807, 2.05) is 38.2 Å². The van der Waals surface area contributed by atoms with Gasteiger partial charge in [-0.25, -0.2) is 0 Å². The van der Waals surface area contributed by atoms with Crippen molar-refractivity contribution in [2.75, 3.05) is 20.1 Å². The summed E-state index contributed by atoms with van der Waals surface area (Å²) in [6.45, 7) is 13.5. The van der Waals surface area contributed by atoms with Gasteiger partial charge in [0, 0.05) is 43.2 Å². The minimum atomic E-state index is -0.0151. The van der Waals surface area contributed by atoms with Gasteiger partial charge < -0.3 is 15.5 Å². The van der Waals surface area contributed by atoms with E-state index in [0.717, 1.165) is 24.5 Å². The molecule has 2 N–H and O–H groups in total. The third kappa shape index (κ3) is 4.69. The van der Waals surface area contributed by atoms with Gasteiger partial charge in [-0.1, -0.05) is 32.9 Å². The number of aliphatic imine (C=N–C) groups is 1. The summed E-state index contributed by atoms with van der Waals surface area (Å²) in [4.78, 5) is 18.9. The number of hydrogen-bond donors (Lipinski definition) is 2. The molecule has 0 radical (unpaired) electrons. The number of amides is 1. The van der Waals surface area contributed by atoms with Crippen LogP contribution in [0, 0.1) is 5.41 Å². The summed E-state index contributed by atoms with van der Waals surface area (Å²) in [7, 11) is 1.82. The molecule has 0 unspecified atom stereocenters. The standard InChI is InChI=1S/C20H32N4O.HI/c1-7-11-22-17(25)16-10-8-9-15(12-16)13-23-18(21-6)24-14-19(2,3)20(24,4)5;/h8-10,12H,7,11,13-14H2,1-6H3,(H,21,23)(H,22,25);1H. The van der Waals surface area contributed by atoms with E-state index >= 15 is 0 Å². The summed E-state index contributed by atoms with van der Waals surface area (Å²) in [6.07, 6.45) is 0.936. The summed E-state index contributed by atoms with van der Waals surface area (Å²) in [5, 5.41) is 6.35. The second-order valence-corrected chi connectivity index (χ2v) is 7.89. The largest absolute Gasteiger partial charge is 0.352 e. The van der Waals surface area contributed by atoms with Gasteiger partial charge in [-0.05, 0) is 38.0 Å². The number of carbonyl (C=O) groups excluding carboxylic acids is 1. The molecule has 1 fully saturated rings. The van der Waals surface area contributed by atoms with Crippen LogP contribution >= 0.6 is 24.0 Å². The SMILES string of the molecule is CCCNC(=O)c1cccc(CNC(=NC)N2CC(C)(C)C2(C)C)c1.I. The number of guanidine groups is 1. The van der Waals surface area contributed by atoms with Gasteiger partial charge in [-0.3, -0.25) is 9.79 Å². The second-order valence-electron chi connectivity index (χ2n) is 7.89. The van der Waals surface area contributed by atoms with E-state index in [9.17, 15) is 4.79 Å². The van der Waals surface area contributed by atoms with Crippen LogP contribution in [0.3, 0.4) is 0 Å². The molecule has 1 heterocycles. The maximum absolute atomic E-state index is 12.1. The summed E-state index contributed by atoms with van der Waals surface area (Å²) in [5.74, 6) is 0.892. The van der Waals surface area contributed by atoms with Crippen molar-refractivity contribution in [1.82, 2.24) is 15.5 Å². The van der Waals surface area contributed by atoms with E-state index in [4.69, 9.17) is 0 Å². The van der Waals surface area contributed by atoms with Crippen LogP contribution in [0.2, 0.25) is 0 Å². The van der Waals surface area contributed by atoms with Crippen molar-refractivity contribution in [2.24, 2.45) is 10.4 Å². The van der Waals surface area contributed by atoms with Crippen LogP contribution in [0.25, 0.3) is 0 Å². The molecule has 0 saturated carbocycles. The van der Waals surface area contributed by atoms with Crippen molar-refractivity contribution in [3.63, 3.8) is 0 Å². The lowest BCUT2D eigenvalue weighted by Crippen LogP contribution is -2.72. The average Bonchev–Trinajstić information content (AvgIpc) is 2.59. The topological polar surface area (TPSA) is 56.7 Å². The Hall–Kier alpha value is -1.31. The van der Waals surface area contributed by atoms with Crippen LogP contribution < -0.4 is 10.6 Å². The van der Waals surface area contributed by atoms with Gasteiger partial charge in [0.1, 0.15) is 0 Å². The van der Waals surface area contributed by atoms with E-state index in [-0.39, 0.29) is 40.8 Å². The third-order valence-electron chi connectivity index (χ3n) is 5.53. The fraction of sp³-hybridized carbons (Fsp3) is 0.600. The second kappa shape index (κ2) is 9.06. The average molecular weight is 472 g/mol. The summed E-state index contributed by atoms with van der Waals surface area (Å²) in [6, 6.07) is 7.75. The highest BCUT2D eigenvalue weighted by Crippen LogP contribution is 2.46. The fourth-order valence-corrected chi connectivity index (χ4v) is 3.04. The summed E-state index contributed by atoms with van der Waals surface area (Å²) in [5.41, 5.74) is 2.11.